The number of benzene rings is 2. The highest BCUT2D eigenvalue weighted by molar-refractivity contribution is 6.04. The van der Waals surface area contributed by atoms with Crippen molar-refractivity contribution >= 4 is 23.3 Å². The highest BCUT2D eigenvalue weighted by Crippen LogP contribution is 2.25. The minimum atomic E-state index is -0.598. The Morgan fingerprint density at radius 2 is 1.73 bits per heavy atom. The predicted octanol–water partition coefficient (Wildman–Crippen LogP) is 3.24. The fourth-order valence-corrected chi connectivity index (χ4v) is 3.96. The Balaban J connectivity index is 1.62. The predicted molar refractivity (Wildman–Crippen MR) is 113 cm³/mol. The summed E-state index contributed by atoms with van der Waals surface area (Å²) in [6.45, 7) is 3.15. The lowest BCUT2D eigenvalue weighted by atomic mass is 9.88. The Labute approximate surface area is 175 Å². The van der Waals surface area contributed by atoms with Gasteiger partial charge in [-0.2, -0.15) is 0 Å². The molecule has 0 bridgehead atoms. The lowest BCUT2D eigenvalue weighted by molar-refractivity contribution is -0.121. The van der Waals surface area contributed by atoms with Crippen molar-refractivity contribution in [1.29, 1.82) is 0 Å². The maximum atomic E-state index is 13.1. The number of amides is 2. The summed E-state index contributed by atoms with van der Waals surface area (Å²) in [7, 11) is 0. The van der Waals surface area contributed by atoms with E-state index >= 15 is 0 Å². The van der Waals surface area contributed by atoms with Crippen LogP contribution < -0.4 is 11.1 Å². The summed E-state index contributed by atoms with van der Waals surface area (Å²) < 4.78 is 13.1. The number of Topliss-reactive ketones (excluding diaryl/α,β-unsaturated/α-hetero) is 1. The van der Waals surface area contributed by atoms with E-state index in [4.69, 9.17) is 5.73 Å². The Morgan fingerprint density at radius 1 is 1.10 bits per heavy atom. The maximum Gasteiger partial charge on any atom is 0.250 e. The summed E-state index contributed by atoms with van der Waals surface area (Å²) in [6, 6.07) is 11.9. The Morgan fingerprint density at radius 3 is 2.33 bits per heavy atom. The average molecular weight is 411 g/mol. The standard InChI is InChI=1S/C23H26FN3O3/c1-2-20(23(30)26-19-6-4-3-5-18(19)22(25)29)27-13-11-16(12-14-27)21(28)15-7-9-17(24)10-8-15/h3-10,16,20H,2,11-14H2,1H3,(H2,25,29)(H,26,30). The summed E-state index contributed by atoms with van der Waals surface area (Å²) in [5, 5.41) is 2.82. The lowest BCUT2D eigenvalue weighted by Crippen LogP contribution is -2.48. The number of piperidine rings is 1. The highest BCUT2D eigenvalue weighted by Gasteiger charge is 2.31. The third-order valence-corrected chi connectivity index (χ3v) is 5.61. The van der Waals surface area contributed by atoms with Gasteiger partial charge < -0.3 is 11.1 Å². The second kappa shape index (κ2) is 9.63. The minimum Gasteiger partial charge on any atom is -0.366 e. The number of nitrogens with two attached hydrogens (primary N) is 1. The monoisotopic (exact) mass is 411 g/mol. The third kappa shape index (κ3) is 4.91. The fraction of sp³-hybridized carbons (Fsp3) is 0.348. The molecule has 2 amide bonds. The number of nitrogens with zero attached hydrogens (tertiary/aromatic N) is 1. The van der Waals surface area contributed by atoms with Crippen LogP contribution >= 0.6 is 0 Å². The molecule has 0 spiro atoms. The Hall–Kier alpha value is -3.06. The number of likely N-dealkylation sites (tertiary alicyclic amines) is 1. The van der Waals surface area contributed by atoms with Gasteiger partial charge in [-0.1, -0.05) is 19.1 Å². The van der Waals surface area contributed by atoms with E-state index in [2.05, 4.69) is 10.2 Å². The summed E-state index contributed by atoms with van der Waals surface area (Å²) in [6.07, 6.45) is 1.87. The third-order valence-electron chi connectivity index (χ3n) is 5.61. The highest BCUT2D eigenvalue weighted by atomic mass is 19.1. The largest absolute Gasteiger partial charge is 0.366 e. The molecule has 3 rings (SSSR count). The normalized spacial score (nSPS) is 16.1. The van der Waals surface area contributed by atoms with Crippen LogP contribution in [0.5, 0.6) is 0 Å². The van der Waals surface area contributed by atoms with Gasteiger partial charge in [-0.25, -0.2) is 4.39 Å². The van der Waals surface area contributed by atoms with Crippen molar-refractivity contribution in [3.05, 3.63) is 65.5 Å². The van der Waals surface area contributed by atoms with E-state index in [9.17, 15) is 18.8 Å². The molecule has 0 aliphatic carbocycles. The first kappa shape index (κ1) is 21.6. The van der Waals surface area contributed by atoms with Crippen LogP contribution in [-0.4, -0.2) is 41.6 Å². The number of carbonyl (C=O) groups is 3. The molecule has 158 valence electrons. The number of anilines is 1. The molecule has 6 nitrogen and oxygen atoms in total. The molecule has 1 unspecified atom stereocenters. The number of hydrogen-bond donors (Lipinski definition) is 2. The van der Waals surface area contributed by atoms with Crippen molar-refractivity contribution in [2.75, 3.05) is 18.4 Å². The second-order valence-corrected chi connectivity index (χ2v) is 7.50. The molecule has 2 aromatic rings. The van der Waals surface area contributed by atoms with E-state index in [-0.39, 0.29) is 35.0 Å². The van der Waals surface area contributed by atoms with Crippen LogP contribution in [0.1, 0.15) is 46.9 Å². The van der Waals surface area contributed by atoms with Gasteiger partial charge >= 0.3 is 0 Å². The number of para-hydroxylation sites is 1. The first-order valence-corrected chi connectivity index (χ1v) is 10.1. The zero-order valence-electron chi connectivity index (χ0n) is 16.9. The molecule has 1 atom stereocenters. The molecule has 0 radical (unpaired) electrons. The number of carbonyl (C=O) groups excluding carboxylic acids is 3. The van der Waals surface area contributed by atoms with Crippen LogP contribution in [0.2, 0.25) is 0 Å². The van der Waals surface area contributed by atoms with Crippen LogP contribution in [0.4, 0.5) is 10.1 Å². The van der Waals surface area contributed by atoms with Gasteiger partial charge in [-0.05, 0) is 68.8 Å². The molecule has 7 heteroatoms. The van der Waals surface area contributed by atoms with Crippen molar-refractivity contribution in [3.63, 3.8) is 0 Å². The quantitative estimate of drug-likeness (QED) is 0.684. The number of ketones is 1. The summed E-state index contributed by atoms with van der Waals surface area (Å²) in [5.41, 5.74) is 6.57. The number of primary amides is 1. The van der Waals surface area contributed by atoms with E-state index < -0.39 is 5.91 Å². The molecule has 1 aliphatic rings. The molecule has 0 aromatic heterocycles. The molecular weight excluding hydrogens is 385 g/mol. The molecule has 2 aromatic carbocycles. The summed E-state index contributed by atoms with van der Waals surface area (Å²) in [4.78, 5) is 39.2. The van der Waals surface area contributed by atoms with Crippen LogP contribution in [0.3, 0.4) is 0 Å². The minimum absolute atomic E-state index is 0.0162. The van der Waals surface area contributed by atoms with Crippen molar-refractivity contribution in [2.45, 2.75) is 32.2 Å². The van der Waals surface area contributed by atoms with Gasteiger partial charge in [-0.3, -0.25) is 19.3 Å². The van der Waals surface area contributed by atoms with E-state index in [0.717, 1.165) is 0 Å². The van der Waals surface area contributed by atoms with Gasteiger partial charge in [0.15, 0.2) is 5.78 Å². The van der Waals surface area contributed by atoms with Crippen LogP contribution in [-0.2, 0) is 4.79 Å². The SMILES string of the molecule is CCC(C(=O)Nc1ccccc1C(N)=O)N1CCC(C(=O)c2ccc(F)cc2)CC1. The van der Waals surface area contributed by atoms with Crippen molar-refractivity contribution in [3.8, 4) is 0 Å². The van der Waals surface area contributed by atoms with Crippen molar-refractivity contribution in [1.82, 2.24) is 4.90 Å². The number of hydrogen-bond acceptors (Lipinski definition) is 4. The van der Waals surface area contributed by atoms with Crippen LogP contribution in [0.15, 0.2) is 48.5 Å². The number of halogens is 1. The summed E-state index contributed by atoms with van der Waals surface area (Å²) in [5.74, 6) is -1.28. The zero-order chi connectivity index (χ0) is 21.7. The molecule has 1 fully saturated rings. The summed E-state index contributed by atoms with van der Waals surface area (Å²) >= 11 is 0. The van der Waals surface area contributed by atoms with E-state index in [1.165, 1.54) is 24.3 Å². The maximum absolute atomic E-state index is 13.1. The Bertz CT molecular complexity index is 922. The molecule has 0 saturated carbocycles. The van der Waals surface area contributed by atoms with Gasteiger partial charge in [0.1, 0.15) is 5.82 Å². The number of rotatable bonds is 7. The Kier molecular flexibility index (Phi) is 6.95. The molecular formula is C23H26FN3O3. The van der Waals surface area contributed by atoms with Crippen LogP contribution in [0, 0.1) is 11.7 Å². The topological polar surface area (TPSA) is 92.5 Å². The van der Waals surface area contributed by atoms with Crippen molar-refractivity contribution in [2.24, 2.45) is 11.7 Å². The van der Waals surface area contributed by atoms with Gasteiger partial charge in [-0.15, -0.1) is 0 Å². The van der Waals surface area contributed by atoms with Crippen molar-refractivity contribution < 1.29 is 18.8 Å². The molecule has 1 saturated heterocycles. The van der Waals surface area contributed by atoms with E-state index in [1.807, 2.05) is 6.92 Å². The zero-order valence-corrected chi connectivity index (χ0v) is 16.9. The molecule has 1 heterocycles. The molecule has 1 aliphatic heterocycles. The first-order chi connectivity index (χ1) is 14.4. The fourth-order valence-electron chi connectivity index (χ4n) is 3.96. The van der Waals surface area contributed by atoms with Gasteiger partial charge in [0.2, 0.25) is 5.91 Å². The van der Waals surface area contributed by atoms with Gasteiger partial charge in [0, 0.05) is 11.5 Å². The van der Waals surface area contributed by atoms with Gasteiger partial charge in [0.05, 0.1) is 17.3 Å². The van der Waals surface area contributed by atoms with Gasteiger partial charge in [0.25, 0.3) is 5.91 Å². The number of nitrogens with one attached hydrogen (secondary N) is 1. The molecule has 3 N–H and O–H groups in total. The lowest BCUT2D eigenvalue weighted by Gasteiger charge is -2.36. The average Bonchev–Trinajstić information content (AvgIpc) is 2.75. The second-order valence-electron chi connectivity index (χ2n) is 7.50. The smallest absolute Gasteiger partial charge is 0.250 e. The van der Waals surface area contributed by atoms with E-state index in [0.29, 0.717) is 43.6 Å². The van der Waals surface area contributed by atoms with E-state index in [1.54, 1.807) is 24.3 Å². The first-order valence-electron chi connectivity index (χ1n) is 10.1. The van der Waals surface area contributed by atoms with Crippen LogP contribution in [0.25, 0.3) is 0 Å². The molecule has 30 heavy (non-hydrogen) atoms.